The molecule has 0 spiro atoms. The number of hydrogen-bond acceptors (Lipinski definition) is 5. The number of rotatable bonds is 5. The quantitative estimate of drug-likeness (QED) is 0.736. The SMILES string of the molecule is O=C(Cc1cccnc1)NCc1nc(-c2ccco2)n[nH]1. The van der Waals surface area contributed by atoms with E-state index in [1.54, 1.807) is 36.9 Å². The molecule has 3 aromatic rings. The molecule has 0 aliphatic rings. The maximum absolute atomic E-state index is 11.8. The second kappa shape index (κ2) is 6.00. The number of amides is 1. The zero-order chi connectivity index (χ0) is 14.5. The molecule has 7 nitrogen and oxygen atoms in total. The van der Waals surface area contributed by atoms with Crippen LogP contribution >= 0.6 is 0 Å². The molecule has 0 saturated heterocycles. The number of nitrogens with zero attached hydrogens (tertiary/aromatic N) is 3. The second-order valence-corrected chi connectivity index (χ2v) is 4.40. The Kier molecular flexibility index (Phi) is 3.72. The fraction of sp³-hybridized carbons (Fsp3) is 0.143. The Balaban J connectivity index is 1.54. The predicted octanol–water partition coefficient (Wildman–Crippen LogP) is 1.32. The van der Waals surface area contributed by atoms with Gasteiger partial charge in [-0.1, -0.05) is 6.07 Å². The first kappa shape index (κ1) is 13.0. The van der Waals surface area contributed by atoms with Crippen molar-refractivity contribution in [1.29, 1.82) is 0 Å². The Morgan fingerprint density at radius 3 is 3.05 bits per heavy atom. The van der Waals surface area contributed by atoms with Gasteiger partial charge in [0.1, 0.15) is 5.82 Å². The lowest BCUT2D eigenvalue weighted by Gasteiger charge is -2.02. The van der Waals surface area contributed by atoms with Crippen LogP contribution in [-0.4, -0.2) is 26.1 Å². The van der Waals surface area contributed by atoms with Crippen LogP contribution in [0.25, 0.3) is 11.6 Å². The summed E-state index contributed by atoms with van der Waals surface area (Å²) >= 11 is 0. The van der Waals surface area contributed by atoms with Crippen LogP contribution in [0.5, 0.6) is 0 Å². The van der Waals surface area contributed by atoms with E-state index in [0.29, 0.717) is 17.4 Å². The van der Waals surface area contributed by atoms with Gasteiger partial charge in [0.2, 0.25) is 11.7 Å². The molecular formula is C14H13N5O2. The summed E-state index contributed by atoms with van der Waals surface area (Å²) in [5.74, 6) is 1.52. The van der Waals surface area contributed by atoms with Crippen molar-refractivity contribution in [2.24, 2.45) is 0 Å². The average molecular weight is 283 g/mol. The number of H-pyrrole nitrogens is 1. The highest BCUT2D eigenvalue weighted by Gasteiger charge is 2.09. The Morgan fingerprint density at radius 2 is 2.29 bits per heavy atom. The third-order valence-corrected chi connectivity index (χ3v) is 2.81. The molecule has 1 amide bonds. The van der Waals surface area contributed by atoms with Gasteiger partial charge in [-0.05, 0) is 23.8 Å². The van der Waals surface area contributed by atoms with Crippen LogP contribution in [0.4, 0.5) is 0 Å². The van der Waals surface area contributed by atoms with Crippen molar-refractivity contribution in [3.8, 4) is 11.6 Å². The number of aromatic amines is 1. The highest BCUT2D eigenvalue weighted by atomic mass is 16.3. The molecule has 0 fully saturated rings. The smallest absolute Gasteiger partial charge is 0.224 e. The molecule has 0 bridgehead atoms. The van der Waals surface area contributed by atoms with Gasteiger partial charge in [0.15, 0.2) is 5.76 Å². The molecule has 3 heterocycles. The number of hydrogen-bond donors (Lipinski definition) is 2. The first-order chi connectivity index (χ1) is 10.3. The van der Waals surface area contributed by atoms with Gasteiger partial charge in [0, 0.05) is 12.4 Å². The Hall–Kier alpha value is -2.96. The fourth-order valence-electron chi connectivity index (χ4n) is 1.82. The van der Waals surface area contributed by atoms with E-state index in [1.165, 1.54) is 0 Å². The van der Waals surface area contributed by atoms with Crippen LogP contribution < -0.4 is 5.32 Å². The van der Waals surface area contributed by atoms with E-state index in [0.717, 1.165) is 5.56 Å². The van der Waals surface area contributed by atoms with Gasteiger partial charge in [0.25, 0.3) is 0 Å². The van der Waals surface area contributed by atoms with E-state index in [1.807, 2.05) is 6.07 Å². The van der Waals surface area contributed by atoms with E-state index < -0.39 is 0 Å². The molecular weight excluding hydrogens is 270 g/mol. The van der Waals surface area contributed by atoms with E-state index >= 15 is 0 Å². The molecule has 21 heavy (non-hydrogen) atoms. The lowest BCUT2D eigenvalue weighted by atomic mass is 10.2. The molecule has 0 atom stereocenters. The first-order valence-electron chi connectivity index (χ1n) is 6.42. The van der Waals surface area contributed by atoms with Crippen molar-refractivity contribution in [2.75, 3.05) is 0 Å². The Bertz CT molecular complexity index is 706. The van der Waals surface area contributed by atoms with Crippen LogP contribution in [-0.2, 0) is 17.8 Å². The topological polar surface area (TPSA) is 96.7 Å². The fourth-order valence-corrected chi connectivity index (χ4v) is 1.82. The van der Waals surface area contributed by atoms with Crippen molar-refractivity contribution in [3.63, 3.8) is 0 Å². The standard InChI is InChI=1S/C14H13N5O2/c20-13(7-10-3-1-5-15-8-10)16-9-12-17-14(19-18-12)11-4-2-6-21-11/h1-6,8H,7,9H2,(H,16,20)(H,17,18,19). The second-order valence-electron chi connectivity index (χ2n) is 4.40. The average Bonchev–Trinajstić information content (AvgIpc) is 3.17. The molecule has 0 aromatic carbocycles. The maximum Gasteiger partial charge on any atom is 0.224 e. The van der Waals surface area contributed by atoms with Crippen molar-refractivity contribution in [1.82, 2.24) is 25.5 Å². The number of pyridine rings is 1. The number of furan rings is 1. The van der Waals surface area contributed by atoms with Crippen LogP contribution in [0.15, 0.2) is 47.3 Å². The summed E-state index contributed by atoms with van der Waals surface area (Å²) in [7, 11) is 0. The number of carbonyl (C=O) groups excluding carboxylic acids is 1. The van der Waals surface area contributed by atoms with E-state index in [9.17, 15) is 4.79 Å². The van der Waals surface area contributed by atoms with Gasteiger partial charge >= 0.3 is 0 Å². The van der Waals surface area contributed by atoms with Gasteiger partial charge in [-0.3, -0.25) is 14.9 Å². The lowest BCUT2D eigenvalue weighted by Crippen LogP contribution is -2.25. The highest BCUT2D eigenvalue weighted by Crippen LogP contribution is 2.14. The molecule has 3 rings (SSSR count). The molecule has 0 saturated carbocycles. The molecule has 7 heteroatoms. The summed E-state index contributed by atoms with van der Waals surface area (Å²) < 4.78 is 5.20. The van der Waals surface area contributed by atoms with Crippen molar-refractivity contribution < 1.29 is 9.21 Å². The maximum atomic E-state index is 11.8. The zero-order valence-electron chi connectivity index (χ0n) is 11.1. The van der Waals surface area contributed by atoms with Crippen molar-refractivity contribution in [3.05, 3.63) is 54.3 Å². The van der Waals surface area contributed by atoms with E-state index in [4.69, 9.17) is 4.42 Å². The third kappa shape index (κ3) is 3.33. The summed E-state index contributed by atoms with van der Waals surface area (Å²) in [6, 6.07) is 7.19. The molecule has 3 aromatic heterocycles. The molecule has 0 aliphatic carbocycles. The molecule has 0 unspecified atom stereocenters. The highest BCUT2D eigenvalue weighted by molar-refractivity contribution is 5.78. The summed E-state index contributed by atoms with van der Waals surface area (Å²) in [4.78, 5) is 20.0. The molecule has 2 N–H and O–H groups in total. The summed E-state index contributed by atoms with van der Waals surface area (Å²) in [5, 5.41) is 9.57. The van der Waals surface area contributed by atoms with Crippen LogP contribution in [0, 0.1) is 0 Å². The van der Waals surface area contributed by atoms with Crippen molar-refractivity contribution in [2.45, 2.75) is 13.0 Å². The van der Waals surface area contributed by atoms with Crippen LogP contribution in [0.3, 0.4) is 0 Å². The van der Waals surface area contributed by atoms with Crippen LogP contribution in [0.2, 0.25) is 0 Å². The summed E-state index contributed by atoms with van der Waals surface area (Å²) in [6.07, 6.45) is 5.18. The lowest BCUT2D eigenvalue weighted by molar-refractivity contribution is -0.120. The minimum absolute atomic E-state index is 0.0982. The van der Waals surface area contributed by atoms with Crippen molar-refractivity contribution >= 4 is 5.91 Å². The van der Waals surface area contributed by atoms with Gasteiger partial charge in [-0.15, -0.1) is 5.10 Å². The van der Waals surface area contributed by atoms with Gasteiger partial charge in [-0.2, -0.15) is 0 Å². The zero-order valence-corrected chi connectivity index (χ0v) is 11.1. The number of carbonyl (C=O) groups is 1. The van der Waals surface area contributed by atoms with E-state index in [2.05, 4.69) is 25.5 Å². The monoisotopic (exact) mass is 283 g/mol. The Morgan fingerprint density at radius 1 is 1.33 bits per heavy atom. The summed E-state index contributed by atoms with van der Waals surface area (Å²) in [6.45, 7) is 0.285. The van der Waals surface area contributed by atoms with Gasteiger partial charge in [-0.25, -0.2) is 4.98 Å². The van der Waals surface area contributed by atoms with Gasteiger partial charge < -0.3 is 9.73 Å². The van der Waals surface area contributed by atoms with Crippen LogP contribution in [0.1, 0.15) is 11.4 Å². The largest absolute Gasteiger partial charge is 0.461 e. The molecule has 0 aliphatic heterocycles. The first-order valence-corrected chi connectivity index (χ1v) is 6.42. The minimum Gasteiger partial charge on any atom is -0.461 e. The van der Waals surface area contributed by atoms with E-state index in [-0.39, 0.29) is 18.9 Å². The molecule has 0 radical (unpaired) electrons. The Labute approximate surface area is 120 Å². The summed E-state index contributed by atoms with van der Waals surface area (Å²) in [5.41, 5.74) is 0.865. The number of nitrogens with one attached hydrogen (secondary N) is 2. The van der Waals surface area contributed by atoms with Gasteiger partial charge in [0.05, 0.1) is 19.2 Å². The molecule has 106 valence electrons. The predicted molar refractivity (Wildman–Crippen MR) is 73.9 cm³/mol. The normalized spacial score (nSPS) is 10.5. The number of aromatic nitrogens is 4. The third-order valence-electron chi connectivity index (χ3n) is 2.81. The minimum atomic E-state index is -0.0982.